The Morgan fingerprint density at radius 3 is 2.55 bits per heavy atom. The maximum atomic E-state index is 11.9. The zero-order valence-electron chi connectivity index (χ0n) is 16.7. The molecule has 29 heavy (non-hydrogen) atoms. The number of carboxylic acids is 1. The summed E-state index contributed by atoms with van der Waals surface area (Å²) in [5.41, 5.74) is 0.662. The molecule has 156 valence electrons. The Labute approximate surface area is 174 Å². The minimum absolute atomic E-state index is 0.0435. The molecular formula is C22H27NO5S. The number of carboxylic acid groups (broad SMARTS) is 1. The van der Waals surface area contributed by atoms with Gasteiger partial charge in [-0.05, 0) is 36.1 Å². The lowest BCUT2D eigenvalue weighted by Gasteiger charge is -2.37. The molecule has 1 saturated heterocycles. The van der Waals surface area contributed by atoms with Gasteiger partial charge in [-0.25, -0.2) is 4.79 Å². The van der Waals surface area contributed by atoms with Crippen molar-refractivity contribution in [1.29, 1.82) is 0 Å². The molecule has 7 heteroatoms. The lowest BCUT2D eigenvalue weighted by molar-refractivity contribution is -0.120. The van der Waals surface area contributed by atoms with Crippen LogP contribution in [-0.2, 0) is 15.1 Å². The van der Waals surface area contributed by atoms with E-state index in [0.717, 1.165) is 40.2 Å². The Morgan fingerprint density at radius 1 is 1.31 bits per heavy atom. The summed E-state index contributed by atoms with van der Waals surface area (Å²) in [7, 11) is 1.58. The van der Waals surface area contributed by atoms with Crippen LogP contribution in [0, 0.1) is 0 Å². The van der Waals surface area contributed by atoms with Crippen molar-refractivity contribution >= 4 is 23.2 Å². The molecule has 2 unspecified atom stereocenters. The Balaban J connectivity index is 2.02. The highest BCUT2D eigenvalue weighted by Crippen LogP contribution is 2.43. The van der Waals surface area contributed by atoms with E-state index in [0.29, 0.717) is 19.3 Å². The van der Waals surface area contributed by atoms with Crippen LogP contribution in [-0.4, -0.2) is 35.2 Å². The van der Waals surface area contributed by atoms with Gasteiger partial charge < -0.3 is 20.3 Å². The molecule has 1 aromatic carbocycles. The quantitative estimate of drug-likeness (QED) is 0.576. The van der Waals surface area contributed by atoms with Crippen molar-refractivity contribution in [2.45, 2.75) is 56.8 Å². The summed E-state index contributed by atoms with van der Waals surface area (Å²) in [6.45, 7) is 2.09. The Morgan fingerprint density at radius 2 is 2.03 bits per heavy atom. The van der Waals surface area contributed by atoms with Crippen molar-refractivity contribution in [2.24, 2.45) is 0 Å². The van der Waals surface area contributed by atoms with Crippen molar-refractivity contribution in [3.63, 3.8) is 0 Å². The Hall–Kier alpha value is -2.22. The van der Waals surface area contributed by atoms with Crippen molar-refractivity contribution in [2.75, 3.05) is 7.11 Å². The van der Waals surface area contributed by atoms with Crippen molar-refractivity contribution < 1.29 is 24.5 Å². The van der Waals surface area contributed by atoms with Crippen molar-refractivity contribution in [1.82, 2.24) is 5.32 Å². The molecule has 1 aromatic heterocycles. The number of thiophene rings is 1. The molecule has 6 nitrogen and oxygen atoms in total. The zero-order chi connectivity index (χ0) is 21.0. The Bertz CT molecular complexity index is 862. The fourth-order valence-corrected chi connectivity index (χ4v) is 5.06. The highest BCUT2D eigenvalue weighted by atomic mass is 32.1. The average molecular weight is 418 g/mol. The molecule has 2 aromatic rings. The maximum absolute atomic E-state index is 11.9. The fraction of sp³-hybridized carbons (Fsp3) is 0.455. The summed E-state index contributed by atoms with van der Waals surface area (Å²) in [5, 5.41) is 22.7. The number of rotatable bonds is 9. The molecule has 2 heterocycles. The second-order valence-electron chi connectivity index (χ2n) is 7.35. The fourth-order valence-electron chi connectivity index (χ4n) is 3.96. The van der Waals surface area contributed by atoms with E-state index in [9.17, 15) is 19.8 Å². The first-order chi connectivity index (χ1) is 13.9. The van der Waals surface area contributed by atoms with Gasteiger partial charge in [0.1, 0.15) is 10.5 Å². The summed E-state index contributed by atoms with van der Waals surface area (Å²) in [6.07, 6.45) is 3.15. The minimum Gasteiger partial charge on any atom is -0.477 e. The van der Waals surface area contributed by atoms with E-state index in [2.05, 4.69) is 12.2 Å². The van der Waals surface area contributed by atoms with E-state index in [1.807, 2.05) is 24.3 Å². The summed E-state index contributed by atoms with van der Waals surface area (Å²) in [4.78, 5) is 24.3. The Kier molecular flexibility index (Phi) is 6.72. The summed E-state index contributed by atoms with van der Waals surface area (Å²) < 4.78 is 6.04. The number of ether oxygens (including phenoxy) is 1. The lowest BCUT2D eigenvalue weighted by atomic mass is 9.83. The number of amides is 1. The zero-order valence-corrected chi connectivity index (χ0v) is 17.5. The van der Waals surface area contributed by atoms with E-state index in [-0.39, 0.29) is 16.8 Å². The number of unbranched alkanes of at least 4 members (excludes halogenated alkanes) is 1. The summed E-state index contributed by atoms with van der Waals surface area (Å²) in [5.74, 6) is -1.03. The standard InChI is InChI=1S/C22H27NO5S/c1-3-4-5-16(24)14-6-8-15(9-7-14)22(28-2,18-11-13-20(25)23-18)19-12-10-17(29-19)21(26)27/h6-10,12,16,18,24H,3-5,11,13H2,1-2H3,(H,23,25)(H,26,27)/t16?,18?,22-/m1/s1. The molecule has 0 bridgehead atoms. The van der Waals surface area contributed by atoms with Gasteiger partial charge in [-0.15, -0.1) is 11.3 Å². The molecule has 0 aliphatic carbocycles. The number of aromatic carboxylic acids is 1. The molecule has 1 aliphatic heterocycles. The van der Waals surface area contributed by atoms with Crippen LogP contribution in [0.2, 0.25) is 0 Å². The largest absolute Gasteiger partial charge is 0.477 e. The van der Waals surface area contributed by atoms with E-state index in [4.69, 9.17) is 4.74 Å². The molecule has 1 aliphatic rings. The highest BCUT2D eigenvalue weighted by molar-refractivity contribution is 7.14. The number of nitrogens with one attached hydrogen (secondary N) is 1. The number of carbonyl (C=O) groups is 2. The number of hydrogen-bond acceptors (Lipinski definition) is 5. The molecule has 0 radical (unpaired) electrons. The summed E-state index contributed by atoms with van der Waals surface area (Å²) >= 11 is 1.15. The van der Waals surface area contributed by atoms with Gasteiger partial charge in [-0.2, -0.15) is 0 Å². The normalized spacial score (nSPS) is 19.6. The lowest BCUT2D eigenvalue weighted by Crippen LogP contribution is -2.48. The van der Waals surface area contributed by atoms with Gasteiger partial charge >= 0.3 is 5.97 Å². The van der Waals surface area contributed by atoms with E-state index in [1.54, 1.807) is 19.2 Å². The molecule has 0 spiro atoms. The topological polar surface area (TPSA) is 95.9 Å². The van der Waals surface area contributed by atoms with E-state index >= 15 is 0 Å². The average Bonchev–Trinajstić information content (AvgIpc) is 3.38. The third-order valence-corrected chi connectivity index (χ3v) is 6.74. The van der Waals surface area contributed by atoms with Crippen LogP contribution in [0.4, 0.5) is 0 Å². The van der Waals surface area contributed by atoms with Crippen LogP contribution in [0.5, 0.6) is 0 Å². The molecule has 0 saturated carbocycles. The molecule has 3 N–H and O–H groups in total. The first-order valence-electron chi connectivity index (χ1n) is 9.89. The molecule has 1 amide bonds. The maximum Gasteiger partial charge on any atom is 0.345 e. The van der Waals surface area contributed by atoms with Crippen LogP contribution in [0.15, 0.2) is 36.4 Å². The number of hydrogen-bond donors (Lipinski definition) is 3. The van der Waals surface area contributed by atoms with Crippen molar-refractivity contribution in [3.8, 4) is 0 Å². The monoisotopic (exact) mass is 417 g/mol. The van der Waals surface area contributed by atoms with Gasteiger partial charge in [0.2, 0.25) is 5.91 Å². The predicted octanol–water partition coefficient (Wildman–Crippen LogP) is 3.84. The van der Waals surface area contributed by atoms with E-state index in [1.165, 1.54) is 0 Å². The van der Waals surface area contributed by atoms with Gasteiger partial charge in [0, 0.05) is 18.4 Å². The summed E-state index contributed by atoms with van der Waals surface area (Å²) in [6, 6.07) is 10.6. The number of benzene rings is 1. The molecule has 3 rings (SSSR count). The second kappa shape index (κ2) is 9.07. The number of aliphatic hydroxyl groups is 1. The predicted molar refractivity (Wildman–Crippen MR) is 111 cm³/mol. The second-order valence-corrected chi connectivity index (χ2v) is 8.43. The molecule has 3 atom stereocenters. The number of aliphatic hydroxyl groups excluding tert-OH is 1. The van der Waals surface area contributed by atoms with Crippen LogP contribution in [0.25, 0.3) is 0 Å². The van der Waals surface area contributed by atoms with Crippen LogP contribution < -0.4 is 5.32 Å². The smallest absolute Gasteiger partial charge is 0.345 e. The SMILES string of the molecule is CCCCC(O)c1ccc([C@](OC)(c2ccc(C(=O)O)s2)C2CCC(=O)N2)cc1. The number of carbonyl (C=O) groups excluding carboxylic acids is 1. The molecule has 1 fully saturated rings. The van der Waals surface area contributed by atoms with Crippen LogP contribution in [0.1, 0.15) is 70.8 Å². The highest BCUT2D eigenvalue weighted by Gasteiger charge is 2.47. The van der Waals surface area contributed by atoms with E-state index < -0.39 is 17.7 Å². The van der Waals surface area contributed by atoms with Gasteiger partial charge in [0.05, 0.1) is 12.1 Å². The third-order valence-electron chi connectivity index (χ3n) is 5.55. The van der Waals surface area contributed by atoms with Gasteiger partial charge in [0.15, 0.2) is 0 Å². The van der Waals surface area contributed by atoms with Crippen LogP contribution in [0.3, 0.4) is 0 Å². The first-order valence-corrected chi connectivity index (χ1v) is 10.7. The molecular weight excluding hydrogens is 390 g/mol. The van der Waals surface area contributed by atoms with Crippen molar-refractivity contribution in [3.05, 3.63) is 57.3 Å². The van der Waals surface area contributed by atoms with Gasteiger partial charge in [-0.3, -0.25) is 4.79 Å². The van der Waals surface area contributed by atoms with Gasteiger partial charge in [0.25, 0.3) is 0 Å². The number of methoxy groups -OCH3 is 1. The van der Waals surface area contributed by atoms with Crippen LogP contribution >= 0.6 is 11.3 Å². The first kappa shape index (κ1) is 21.5. The minimum atomic E-state index is -0.990. The van der Waals surface area contributed by atoms with Gasteiger partial charge in [-0.1, -0.05) is 44.0 Å². The third kappa shape index (κ3) is 4.22.